The van der Waals surface area contributed by atoms with Crippen LogP contribution < -0.4 is 5.73 Å². The molecule has 0 heterocycles. The Labute approximate surface area is 59.1 Å². The highest BCUT2D eigenvalue weighted by atomic mass is 16.5. The molecule has 0 aliphatic rings. The van der Waals surface area contributed by atoms with Crippen LogP contribution in [0.15, 0.2) is 5.16 Å². The van der Waals surface area contributed by atoms with Gasteiger partial charge in [0.15, 0.2) is 5.84 Å². The van der Waals surface area contributed by atoms with Crippen LogP contribution in [0.3, 0.4) is 0 Å². The van der Waals surface area contributed by atoms with Crippen molar-refractivity contribution in [1.29, 1.82) is 0 Å². The van der Waals surface area contributed by atoms with Crippen molar-refractivity contribution in [3.8, 4) is 0 Å². The van der Waals surface area contributed by atoms with Gasteiger partial charge in [-0.25, -0.2) is 0 Å². The number of aliphatic hydroxyl groups is 1. The van der Waals surface area contributed by atoms with Crippen LogP contribution >= 0.6 is 0 Å². The van der Waals surface area contributed by atoms with E-state index in [0.29, 0.717) is 13.0 Å². The summed E-state index contributed by atoms with van der Waals surface area (Å²) >= 11 is 0. The highest BCUT2D eigenvalue weighted by molar-refractivity contribution is 5.80. The van der Waals surface area contributed by atoms with E-state index in [1.807, 2.05) is 0 Å². The van der Waals surface area contributed by atoms with Gasteiger partial charge in [0.05, 0.1) is 0 Å². The molecule has 0 aromatic heterocycles. The first-order chi connectivity index (χ1) is 4.81. The Bertz CT molecular complexity index is 105. The van der Waals surface area contributed by atoms with E-state index < -0.39 is 0 Å². The Kier molecular flexibility index (Phi) is 5.80. The van der Waals surface area contributed by atoms with E-state index in [1.165, 1.54) is 0 Å². The van der Waals surface area contributed by atoms with Crippen LogP contribution in [0, 0.1) is 0 Å². The van der Waals surface area contributed by atoms with Crippen LogP contribution in [-0.2, 0) is 4.74 Å². The monoisotopic (exact) mass is 148 g/mol. The zero-order valence-corrected chi connectivity index (χ0v) is 5.66. The van der Waals surface area contributed by atoms with E-state index in [0.717, 1.165) is 0 Å². The quantitative estimate of drug-likeness (QED) is 0.155. The average molecular weight is 148 g/mol. The highest BCUT2D eigenvalue weighted by Crippen LogP contribution is 1.79. The summed E-state index contributed by atoms with van der Waals surface area (Å²) in [6, 6.07) is 0. The van der Waals surface area contributed by atoms with E-state index in [4.69, 9.17) is 20.8 Å². The number of hydrogen-bond donors (Lipinski definition) is 3. The molecular formula is C5H12N2O3. The molecule has 0 fully saturated rings. The third kappa shape index (κ3) is 5.33. The van der Waals surface area contributed by atoms with E-state index in [2.05, 4.69) is 5.16 Å². The average Bonchev–Trinajstić information content (AvgIpc) is 1.98. The second-order valence-electron chi connectivity index (χ2n) is 1.72. The molecular weight excluding hydrogens is 136 g/mol. The van der Waals surface area contributed by atoms with Gasteiger partial charge in [-0.3, -0.25) is 0 Å². The first kappa shape index (κ1) is 9.19. The lowest BCUT2D eigenvalue weighted by molar-refractivity contribution is 0.143. The van der Waals surface area contributed by atoms with Crippen molar-refractivity contribution in [3.05, 3.63) is 0 Å². The zero-order valence-electron chi connectivity index (χ0n) is 5.66. The summed E-state index contributed by atoms with van der Waals surface area (Å²) in [6.45, 7) is 0.624. The minimum Gasteiger partial charge on any atom is -0.409 e. The molecule has 5 nitrogen and oxygen atoms in total. The maximum Gasteiger partial charge on any atom is 0.165 e. The smallest absolute Gasteiger partial charge is 0.165 e. The van der Waals surface area contributed by atoms with E-state index in [1.54, 1.807) is 0 Å². The summed E-state index contributed by atoms with van der Waals surface area (Å²) < 4.78 is 4.85. The number of aliphatic hydroxyl groups excluding tert-OH is 1. The molecule has 0 atom stereocenters. The van der Waals surface area contributed by atoms with Gasteiger partial charge in [-0.15, -0.1) is 0 Å². The SMILES string of the molecule is N/C(COCCCO)=N\O. The minimum absolute atomic E-state index is 0.0398. The summed E-state index contributed by atoms with van der Waals surface area (Å²) in [6.07, 6.45) is 0.568. The zero-order chi connectivity index (χ0) is 7.82. The maximum absolute atomic E-state index is 8.30. The third-order valence-electron chi connectivity index (χ3n) is 0.825. The van der Waals surface area contributed by atoms with Gasteiger partial charge in [0, 0.05) is 13.2 Å². The maximum atomic E-state index is 8.30. The molecule has 0 aliphatic heterocycles. The van der Waals surface area contributed by atoms with Gasteiger partial charge in [-0.05, 0) is 6.42 Å². The summed E-state index contributed by atoms with van der Waals surface area (Å²) in [4.78, 5) is 0. The highest BCUT2D eigenvalue weighted by Gasteiger charge is 1.91. The fourth-order valence-electron chi connectivity index (χ4n) is 0.372. The normalized spacial score (nSPS) is 11.9. The van der Waals surface area contributed by atoms with Crippen molar-refractivity contribution in [3.63, 3.8) is 0 Å². The van der Waals surface area contributed by atoms with E-state index >= 15 is 0 Å². The Balaban J connectivity index is 3.04. The number of amidine groups is 1. The first-order valence-corrected chi connectivity index (χ1v) is 2.96. The van der Waals surface area contributed by atoms with E-state index in [-0.39, 0.29) is 19.0 Å². The second kappa shape index (κ2) is 6.31. The van der Waals surface area contributed by atoms with Crippen molar-refractivity contribution >= 4 is 5.84 Å². The number of ether oxygens (including phenoxy) is 1. The van der Waals surface area contributed by atoms with Gasteiger partial charge in [-0.2, -0.15) is 0 Å². The molecule has 0 unspecified atom stereocenters. The fourth-order valence-corrected chi connectivity index (χ4v) is 0.372. The number of oxime groups is 1. The topological polar surface area (TPSA) is 88.1 Å². The fraction of sp³-hybridized carbons (Fsp3) is 0.800. The minimum atomic E-state index is 0.0398. The summed E-state index contributed by atoms with van der Waals surface area (Å²) in [5.74, 6) is 0.0398. The lowest BCUT2D eigenvalue weighted by atomic mass is 10.5. The number of rotatable bonds is 5. The van der Waals surface area contributed by atoms with Crippen molar-refractivity contribution < 1.29 is 15.1 Å². The molecule has 5 heteroatoms. The summed E-state index contributed by atoms with van der Waals surface area (Å²) in [5, 5.41) is 19.0. The number of nitrogens with zero attached hydrogens (tertiary/aromatic N) is 1. The van der Waals surface area contributed by atoms with Gasteiger partial charge in [0.1, 0.15) is 6.61 Å². The molecule has 0 aromatic rings. The third-order valence-corrected chi connectivity index (χ3v) is 0.825. The van der Waals surface area contributed by atoms with Gasteiger partial charge in [-0.1, -0.05) is 5.16 Å². The van der Waals surface area contributed by atoms with Gasteiger partial charge < -0.3 is 20.8 Å². The van der Waals surface area contributed by atoms with Crippen LogP contribution in [-0.4, -0.2) is 36.0 Å². The van der Waals surface area contributed by atoms with Crippen LogP contribution in [0.5, 0.6) is 0 Å². The Morgan fingerprint density at radius 3 is 2.80 bits per heavy atom. The van der Waals surface area contributed by atoms with Crippen LogP contribution in [0.25, 0.3) is 0 Å². The molecule has 60 valence electrons. The van der Waals surface area contributed by atoms with E-state index in [9.17, 15) is 0 Å². The standard InChI is InChI=1S/C5H12N2O3/c6-5(7-9)4-10-3-1-2-8/h8-9H,1-4H2,(H2,6,7). The molecule has 0 saturated carbocycles. The molecule has 0 radical (unpaired) electrons. The van der Waals surface area contributed by atoms with Gasteiger partial charge in [0.2, 0.25) is 0 Å². The number of hydrogen-bond acceptors (Lipinski definition) is 4. The first-order valence-electron chi connectivity index (χ1n) is 2.96. The predicted molar refractivity (Wildman–Crippen MR) is 35.9 cm³/mol. The van der Waals surface area contributed by atoms with Crippen molar-refractivity contribution in [2.24, 2.45) is 10.9 Å². The van der Waals surface area contributed by atoms with Crippen molar-refractivity contribution in [2.75, 3.05) is 19.8 Å². The Morgan fingerprint density at radius 1 is 1.60 bits per heavy atom. The molecule has 0 aromatic carbocycles. The molecule has 4 N–H and O–H groups in total. The summed E-state index contributed by atoms with van der Waals surface area (Å²) in [5.41, 5.74) is 5.07. The Morgan fingerprint density at radius 2 is 2.30 bits per heavy atom. The molecule has 0 bridgehead atoms. The van der Waals surface area contributed by atoms with Crippen LogP contribution in [0.4, 0.5) is 0 Å². The molecule has 0 amide bonds. The second-order valence-corrected chi connectivity index (χ2v) is 1.72. The van der Waals surface area contributed by atoms with Crippen LogP contribution in [0.1, 0.15) is 6.42 Å². The Hall–Kier alpha value is -0.810. The van der Waals surface area contributed by atoms with Crippen molar-refractivity contribution in [2.45, 2.75) is 6.42 Å². The number of nitrogens with two attached hydrogens (primary N) is 1. The summed E-state index contributed by atoms with van der Waals surface area (Å²) in [7, 11) is 0. The lowest BCUT2D eigenvalue weighted by Gasteiger charge is -1.99. The predicted octanol–water partition coefficient (Wildman–Crippen LogP) is -0.868. The molecule has 10 heavy (non-hydrogen) atoms. The molecule has 0 aliphatic carbocycles. The van der Waals surface area contributed by atoms with Gasteiger partial charge in [0.25, 0.3) is 0 Å². The molecule has 0 saturated heterocycles. The van der Waals surface area contributed by atoms with Gasteiger partial charge >= 0.3 is 0 Å². The molecule has 0 spiro atoms. The lowest BCUT2D eigenvalue weighted by Crippen LogP contribution is -2.19. The van der Waals surface area contributed by atoms with Crippen molar-refractivity contribution in [1.82, 2.24) is 0 Å². The van der Waals surface area contributed by atoms with Crippen LogP contribution in [0.2, 0.25) is 0 Å². The largest absolute Gasteiger partial charge is 0.409 e. The molecule has 0 rings (SSSR count).